The Morgan fingerprint density at radius 2 is 2.33 bits per heavy atom. The van der Waals surface area contributed by atoms with Crippen molar-refractivity contribution in [2.75, 3.05) is 6.61 Å². The van der Waals surface area contributed by atoms with Crippen LogP contribution in [-0.4, -0.2) is 23.7 Å². The summed E-state index contributed by atoms with van der Waals surface area (Å²) in [5, 5.41) is 8.43. The van der Waals surface area contributed by atoms with Gasteiger partial charge in [-0.25, -0.2) is 8.78 Å². The molecule has 0 bridgehead atoms. The average Bonchev–Trinajstić information content (AvgIpc) is 2.44. The Hall–Kier alpha value is -0.220. The van der Waals surface area contributed by atoms with Crippen molar-refractivity contribution < 1.29 is 13.9 Å². The minimum Gasteiger partial charge on any atom is -0.394 e. The van der Waals surface area contributed by atoms with Crippen molar-refractivity contribution in [2.24, 2.45) is 11.7 Å². The number of aliphatic hydroxyl groups excluding tert-OH is 1. The van der Waals surface area contributed by atoms with Crippen molar-refractivity contribution in [1.29, 1.82) is 0 Å². The number of hydrogen-bond acceptors (Lipinski definition) is 2. The smallest absolute Gasteiger partial charge is 0.243 e. The van der Waals surface area contributed by atoms with E-state index in [0.29, 0.717) is 0 Å². The maximum atomic E-state index is 11.7. The van der Waals surface area contributed by atoms with Gasteiger partial charge in [-0.2, -0.15) is 0 Å². The van der Waals surface area contributed by atoms with Gasteiger partial charge in [-0.3, -0.25) is 0 Å². The van der Waals surface area contributed by atoms with Crippen molar-refractivity contribution in [3.05, 3.63) is 0 Å². The second-order valence-electron chi connectivity index (χ2n) is 2.54. The molecule has 0 spiro atoms. The zero-order valence-corrected chi connectivity index (χ0v) is 4.85. The molecule has 3 N–H and O–H groups in total. The Kier molecular flexibility index (Phi) is 1.44. The predicted octanol–water partition coefficient (Wildman–Crippen LogP) is -0.0388. The minimum atomic E-state index is -2.37. The Morgan fingerprint density at radius 3 is 2.44 bits per heavy atom. The normalized spacial score (nSPS) is 41.7. The topological polar surface area (TPSA) is 46.2 Å². The van der Waals surface area contributed by atoms with Gasteiger partial charge in [0.2, 0.25) is 6.43 Å². The lowest BCUT2D eigenvalue weighted by atomic mass is 10.2. The van der Waals surface area contributed by atoms with Crippen molar-refractivity contribution in [3.63, 3.8) is 0 Å². The van der Waals surface area contributed by atoms with Gasteiger partial charge in [-0.15, -0.1) is 0 Å². The highest BCUT2D eigenvalue weighted by atomic mass is 19.3. The van der Waals surface area contributed by atoms with E-state index in [-0.39, 0.29) is 13.0 Å². The van der Waals surface area contributed by atoms with Crippen LogP contribution in [0.3, 0.4) is 0 Å². The van der Waals surface area contributed by atoms with E-state index in [1.54, 1.807) is 0 Å². The van der Waals surface area contributed by atoms with E-state index < -0.39 is 17.9 Å². The molecule has 0 radical (unpaired) electrons. The highest BCUT2D eigenvalue weighted by Crippen LogP contribution is 2.44. The van der Waals surface area contributed by atoms with Crippen LogP contribution in [-0.2, 0) is 0 Å². The molecule has 0 aromatic heterocycles. The summed E-state index contributed by atoms with van der Waals surface area (Å²) in [6.45, 7) is -0.331. The second kappa shape index (κ2) is 1.88. The Morgan fingerprint density at radius 1 is 1.78 bits per heavy atom. The van der Waals surface area contributed by atoms with Crippen LogP contribution < -0.4 is 5.73 Å². The van der Waals surface area contributed by atoms with E-state index in [0.717, 1.165) is 0 Å². The lowest BCUT2D eigenvalue weighted by molar-refractivity contribution is 0.103. The molecule has 2 nitrogen and oxygen atoms in total. The minimum absolute atomic E-state index is 0.251. The zero-order valence-electron chi connectivity index (χ0n) is 4.85. The van der Waals surface area contributed by atoms with Gasteiger partial charge in [0.15, 0.2) is 0 Å². The molecule has 4 heteroatoms. The molecule has 1 saturated carbocycles. The Bertz CT molecular complexity index is 120. The van der Waals surface area contributed by atoms with Gasteiger partial charge in [-0.05, 0) is 6.42 Å². The van der Waals surface area contributed by atoms with E-state index >= 15 is 0 Å². The number of rotatable bonds is 2. The average molecular weight is 137 g/mol. The SMILES string of the molecule is NC1(CO)CC1C(F)F. The fraction of sp³-hybridized carbons (Fsp3) is 1.00. The molecule has 1 aliphatic carbocycles. The van der Waals surface area contributed by atoms with Crippen molar-refractivity contribution >= 4 is 0 Å². The van der Waals surface area contributed by atoms with Crippen LogP contribution in [0.2, 0.25) is 0 Å². The van der Waals surface area contributed by atoms with Gasteiger partial charge >= 0.3 is 0 Å². The molecule has 9 heavy (non-hydrogen) atoms. The summed E-state index contributed by atoms with van der Waals surface area (Å²) in [5.74, 6) is -0.775. The molecule has 2 atom stereocenters. The molecular formula is C5H9F2NO. The highest BCUT2D eigenvalue weighted by Gasteiger charge is 2.55. The van der Waals surface area contributed by atoms with E-state index in [1.807, 2.05) is 0 Å². The number of halogens is 2. The summed E-state index contributed by atoms with van der Waals surface area (Å²) in [7, 11) is 0. The molecule has 1 rings (SSSR count). The van der Waals surface area contributed by atoms with Crippen molar-refractivity contribution in [2.45, 2.75) is 18.4 Å². The van der Waals surface area contributed by atoms with Crippen LogP contribution in [0.4, 0.5) is 8.78 Å². The Labute approximate surface area is 51.7 Å². The molecule has 1 aliphatic rings. The summed E-state index contributed by atoms with van der Waals surface area (Å²) in [5.41, 5.74) is 4.30. The Balaban J connectivity index is 2.38. The number of aliphatic hydroxyl groups is 1. The number of nitrogens with two attached hydrogens (primary N) is 1. The monoisotopic (exact) mass is 137 g/mol. The summed E-state index contributed by atoms with van der Waals surface area (Å²) >= 11 is 0. The van der Waals surface area contributed by atoms with Crippen LogP contribution in [0.1, 0.15) is 6.42 Å². The van der Waals surface area contributed by atoms with Crippen LogP contribution in [0.5, 0.6) is 0 Å². The standard InChI is InChI=1S/C5H9F2NO/c6-4(7)3-1-5(3,8)2-9/h3-4,9H,1-2,8H2. The molecule has 0 heterocycles. The first-order chi connectivity index (χ1) is 4.10. The highest BCUT2D eigenvalue weighted by molar-refractivity contribution is 5.08. The summed E-state index contributed by atoms with van der Waals surface area (Å²) in [6.07, 6.45) is -2.12. The molecular weight excluding hydrogens is 128 g/mol. The second-order valence-corrected chi connectivity index (χ2v) is 2.54. The fourth-order valence-electron chi connectivity index (χ4n) is 0.872. The third-order valence-corrected chi connectivity index (χ3v) is 1.78. The third-order valence-electron chi connectivity index (χ3n) is 1.78. The predicted molar refractivity (Wildman–Crippen MR) is 28.1 cm³/mol. The maximum Gasteiger partial charge on any atom is 0.243 e. The molecule has 1 fully saturated rings. The van der Waals surface area contributed by atoms with E-state index in [1.165, 1.54) is 0 Å². The van der Waals surface area contributed by atoms with Crippen LogP contribution in [0.25, 0.3) is 0 Å². The van der Waals surface area contributed by atoms with E-state index in [4.69, 9.17) is 10.8 Å². The van der Waals surface area contributed by atoms with Gasteiger partial charge in [-0.1, -0.05) is 0 Å². The first-order valence-corrected chi connectivity index (χ1v) is 2.78. The maximum absolute atomic E-state index is 11.7. The lowest BCUT2D eigenvalue weighted by Gasteiger charge is -2.04. The molecule has 0 saturated heterocycles. The number of alkyl halides is 2. The van der Waals surface area contributed by atoms with Gasteiger partial charge in [0.05, 0.1) is 6.61 Å². The summed E-state index contributed by atoms with van der Waals surface area (Å²) in [6, 6.07) is 0. The molecule has 0 amide bonds. The van der Waals surface area contributed by atoms with Crippen molar-refractivity contribution in [1.82, 2.24) is 0 Å². The molecule has 0 aromatic carbocycles. The molecule has 2 unspecified atom stereocenters. The summed E-state index contributed by atoms with van der Waals surface area (Å²) in [4.78, 5) is 0. The van der Waals surface area contributed by atoms with Gasteiger partial charge in [0.25, 0.3) is 0 Å². The molecule has 0 aliphatic heterocycles. The van der Waals surface area contributed by atoms with E-state index in [9.17, 15) is 8.78 Å². The van der Waals surface area contributed by atoms with Crippen LogP contribution >= 0.6 is 0 Å². The summed E-state index contributed by atoms with van der Waals surface area (Å²) < 4.78 is 23.4. The first-order valence-electron chi connectivity index (χ1n) is 2.78. The van der Waals surface area contributed by atoms with Crippen LogP contribution in [0.15, 0.2) is 0 Å². The lowest BCUT2D eigenvalue weighted by Crippen LogP contribution is -2.31. The third kappa shape index (κ3) is 1.04. The van der Waals surface area contributed by atoms with Gasteiger partial charge in [0.1, 0.15) is 0 Å². The number of hydrogen-bond donors (Lipinski definition) is 2. The van der Waals surface area contributed by atoms with Crippen LogP contribution in [0, 0.1) is 5.92 Å². The molecule has 0 aromatic rings. The molecule has 54 valence electrons. The first kappa shape index (κ1) is 6.89. The largest absolute Gasteiger partial charge is 0.394 e. The van der Waals surface area contributed by atoms with Crippen molar-refractivity contribution in [3.8, 4) is 0 Å². The van der Waals surface area contributed by atoms with Gasteiger partial charge < -0.3 is 10.8 Å². The quantitative estimate of drug-likeness (QED) is 0.561. The fourth-order valence-corrected chi connectivity index (χ4v) is 0.872. The zero-order chi connectivity index (χ0) is 7.07. The van der Waals surface area contributed by atoms with E-state index in [2.05, 4.69) is 0 Å². The van der Waals surface area contributed by atoms with Gasteiger partial charge in [0, 0.05) is 11.5 Å².